The molecule has 1 aromatic carbocycles. The van der Waals surface area contributed by atoms with E-state index in [1.54, 1.807) is 0 Å². The van der Waals surface area contributed by atoms with Crippen molar-refractivity contribution in [2.75, 3.05) is 11.5 Å². The van der Waals surface area contributed by atoms with E-state index in [9.17, 15) is 0 Å². The second-order valence-corrected chi connectivity index (χ2v) is 4.09. The van der Waals surface area contributed by atoms with Gasteiger partial charge in [-0.15, -0.1) is 0 Å². The lowest BCUT2D eigenvalue weighted by molar-refractivity contribution is 0.114. The van der Waals surface area contributed by atoms with E-state index < -0.39 is 0 Å². The standard InChI is InChI=1S/C13H15NO/c1-2-7-12-11(5-1)6-3-9-14(12)13-8-4-10-15-13/h1-3,5,7,9,13H,4,6,8,10H2. The lowest BCUT2D eigenvalue weighted by Gasteiger charge is -2.31. The lowest BCUT2D eigenvalue weighted by atomic mass is 10.1. The van der Waals surface area contributed by atoms with Crippen molar-refractivity contribution in [1.82, 2.24) is 0 Å². The van der Waals surface area contributed by atoms with Gasteiger partial charge < -0.3 is 9.64 Å². The number of nitrogens with zero attached hydrogens (tertiary/aromatic N) is 1. The lowest BCUT2D eigenvalue weighted by Crippen LogP contribution is -2.31. The van der Waals surface area contributed by atoms with Gasteiger partial charge in [-0.05, 0) is 30.9 Å². The topological polar surface area (TPSA) is 12.5 Å². The predicted molar refractivity (Wildman–Crippen MR) is 60.7 cm³/mol. The molecule has 1 aromatic rings. The molecule has 15 heavy (non-hydrogen) atoms. The van der Waals surface area contributed by atoms with Gasteiger partial charge >= 0.3 is 0 Å². The molecular weight excluding hydrogens is 186 g/mol. The highest BCUT2D eigenvalue weighted by atomic mass is 16.5. The second-order valence-electron chi connectivity index (χ2n) is 4.09. The highest BCUT2D eigenvalue weighted by Crippen LogP contribution is 2.30. The molecule has 2 heteroatoms. The molecule has 3 rings (SSSR count). The number of anilines is 1. The van der Waals surface area contributed by atoms with Gasteiger partial charge in [0.25, 0.3) is 0 Å². The average Bonchev–Trinajstić information content (AvgIpc) is 2.82. The molecule has 1 atom stereocenters. The predicted octanol–water partition coefficient (Wildman–Crippen LogP) is 2.70. The Morgan fingerprint density at radius 1 is 1.27 bits per heavy atom. The Morgan fingerprint density at radius 3 is 3.07 bits per heavy atom. The Labute approximate surface area is 90.2 Å². The highest BCUT2D eigenvalue weighted by Gasteiger charge is 2.24. The molecular formula is C13H15NO. The first-order valence-corrected chi connectivity index (χ1v) is 5.60. The van der Waals surface area contributed by atoms with Crippen molar-refractivity contribution in [2.24, 2.45) is 0 Å². The van der Waals surface area contributed by atoms with Crippen LogP contribution in [0.1, 0.15) is 18.4 Å². The summed E-state index contributed by atoms with van der Waals surface area (Å²) in [6.07, 6.45) is 7.99. The van der Waals surface area contributed by atoms with Crippen molar-refractivity contribution in [3.63, 3.8) is 0 Å². The maximum atomic E-state index is 5.72. The molecule has 2 nitrogen and oxygen atoms in total. The minimum Gasteiger partial charge on any atom is -0.358 e. The fraction of sp³-hybridized carbons (Fsp3) is 0.385. The molecule has 1 fully saturated rings. The Balaban J connectivity index is 1.95. The van der Waals surface area contributed by atoms with Gasteiger partial charge in [-0.2, -0.15) is 0 Å². The second kappa shape index (κ2) is 3.70. The summed E-state index contributed by atoms with van der Waals surface area (Å²) >= 11 is 0. The van der Waals surface area contributed by atoms with E-state index in [1.807, 2.05) is 0 Å². The van der Waals surface area contributed by atoms with Crippen LogP contribution in [0.5, 0.6) is 0 Å². The molecule has 0 amide bonds. The first-order chi connectivity index (χ1) is 7.45. The highest BCUT2D eigenvalue weighted by molar-refractivity contribution is 5.59. The van der Waals surface area contributed by atoms with Crippen molar-refractivity contribution >= 4 is 5.69 Å². The number of rotatable bonds is 1. The number of para-hydroxylation sites is 1. The molecule has 0 spiro atoms. The summed E-state index contributed by atoms with van der Waals surface area (Å²) in [6, 6.07) is 8.58. The van der Waals surface area contributed by atoms with E-state index in [0.29, 0.717) is 0 Å². The van der Waals surface area contributed by atoms with Crippen molar-refractivity contribution < 1.29 is 4.74 Å². The van der Waals surface area contributed by atoms with Gasteiger partial charge in [-0.25, -0.2) is 0 Å². The molecule has 0 N–H and O–H groups in total. The van der Waals surface area contributed by atoms with E-state index >= 15 is 0 Å². The Bertz CT molecular complexity index is 380. The molecule has 0 aromatic heterocycles. The van der Waals surface area contributed by atoms with Crippen molar-refractivity contribution in [2.45, 2.75) is 25.5 Å². The number of allylic oxidation sites excluding steroid dienone is 1. The number of hydrogen-bond acceptors (Lipinski definition) is 2. The Hall–Kier alpha value is -1.28. The van der Waals surface area contributed by atoms with E-state index in [-0.39, 0.29) is 6.23 Å². The Kier molecular flexibility index (Phi) is 2.22. The summed E-state index contributed by atoms with van der Waals surface area (Å²) in [4.78, 5) is 2.27. The third-order valence-electron chi connectivity index (χ3n) is 3.09. The molecule has 0 bridgehead atoms. The van der Waals surface area contributed by atoms with Gasteiger partial charge in [0.15, 0.2) is 0 Å². The fourth-order valence-electron chi connectivity index (χ4n) is 2.34. The zero-order valence-electron chi connectivity index (χ0n) is 8.73. The zero-order valence-corrected chi connectivity index (χ0v) is 8.73. The van der Waals surface area contributed by atoms with E-state index in [2.05, 4.69) is 41.4 Å². The van der Waals surface area contributed by atoms with Crippen LogP contribution in [0.4, 0.5) is 5.69 Å². The maximum absolute atomic E-state index is 5.72. The largest absolute Gasteiger partial charge is 0.358 e. The summed E-state index contributed by atoms with van der Waals surface area (Å²) in [6.45, 7) is 0.900. The zero-order chi connectivity index (χ0) is 10.1. The van der Waals surface area contributed by atoms with Crippen LogP contribution in [0.2, 0.25) is 0 Å². The quantitative estimate of drug-likeness (QED) is 0.692. The van der Waals surface area contributed by atoms with Crippen molar-refractivity contribution in [3.05, 3.63) is 42.1 Å². The van der Waals surface area contributed by atoms with Crippen LogP contribution in [0.15, 0.2) is 36.5 Å². The van der Waals surface area contributed by atoms with Gasteiger partial charge in [0, 0.05) is 18.5 Å². The third-order valence-corrected chi connectivity index (χ3v) is 3.09. The van der Waals surface area contributed by atoms with Gasteiger partial charge in [0.2, 0.25) is 0 Å². The molecule has 1 unspecified atom stereocenters. The number of hydrogen-bond donors (Lipinski definition) is 0. The molecule has 2 heterocycles. The van der Waals surface area contributed by atoms with E-state index in [4.69, 9.17) is 4.74 Å². The maximum Gasteiger partial charge on any atom is 0.133 e. The first-order valence-electron chi connectivity index (χ1n) is 5.60. The number of fused-ring (bicyclic) bond motifs is 1. The summed E-state index contributed by atoms with van der Waals surface area (Å²) in [7, 11) is 0. The van der Waals surface area contributed by atoms with E-state index in [0.717, 1.165) is 19.4 Å². The van der Waals surface area contributed by atoms with E-state index in [1.165, 1.54) is 17.7 Å². The smallest absolute Gasteiger partial charge is 0.133 e. The van der Waals surface area contributed by atoms with Crippen molar-refractivity contribution in [1.29, 1.82) is 0 Å². The molecule has 2 aliphatic heterocycles. The fourth-order valence-corrected chi connectivity index (χ4v) is 2.34. The molecule has 0 aliphatic carbocycles. The number of ether oxygens (including phenoxy) is 1. The SMILES string of the molecule is C1=CN(C2CCCO2)c2ccccc2C1. The van der Waals surface area contributed by atoms with Crippen LogP contribution in [0, 0.1) is 0 Å². The van der Waals surface area contributed by atoms with Gasteiger partial charge in [-0.3, -0.25) is 0 Å². The summed E-state index contributed by atoms with van der Waals surface area (Å²) in [5, 5.41) is 0. The molecule has 1 saturated heterocycles. The van der Waals surface area contributed by atoms with Crippen LogP contribution in [0.3, 0.4) is 0 Å². The summed E-state index contributed by atoms with van der Waals surface area (Å²) < 4.78 is 5.72. The molecule has 2 aliphatic rings. The van der Waals surface area contributed by atoms with Crippen LogP contribution >= 0.6 is 0 Å². The molecule has 0 radical (unpaired) electrons. The number of benzene rings is 1. The van der Waals surface area contributed by atoms with Gasteiger partial charge in [0.1, 0.15) is 6.23 Å². The van der Waals surface area contributed by atoms with Crippen LogP contribution < -0.4 is 4.90 Å². The monoisotopic (exact) mass is 201 g/mol. The summed E-state index contributed by atoms with van der Waals surface area (Å²) in [5.41, 5.74) is 2.71. The normalized spacial score (nSPS) is 24.3. The minimum atomic E-state index is 0.252. The van der Waals surface area contributed by atoms with Crippen LogP contribution in [-0.2, 0) is 11.2 Å². The molecule has 0 saturated carbocycles. The van der Waals surface area contributed by atoms with Gasteiger partial charge in [0.05, 0.1) is 0 Å². The average molecular weight is 201 g/mol. The van der Waals surface area contributed by atoms with Crippen LogP contribution in [0.25, 0.3) is 0 Å². The Morgan fingerprint density at radius 2 is 2.20 bits per heavy atom. The van der Waals surface area contributed by atoms with Crippen molar-refractivity contribution in [3.8, 4) is 0 Å². The summed E-state index contributed by atoms with van der Waals surface area (Å²) in [5.74, 6) is 0. The first kappa shape index (κ1) is 8.98. The van der Waals surface area contributed by atoms with Crippen LogP contribution in [-0.4, -0.2) is 12.8 Å². The molecule has 78 valence electrons. The minimum absolute atomic E-state index is 0.252. The van der Waals surface area contributed by atoms with Gasteiger partial charge in [-0.1, -0.05) is 24.3 Å². The third kappa shape index (κ3) is 1.55.